The van der Waals surface area contributed by atoms with Crippen LogP contribution in [-0.4, -0.2) is 48.1 Å². The molecule has 1 amide bonds. The van der Waals surface area contributed by atoms with Gasteiger partial charge in [-0.1, -0.05) is 51.1 Å². The summed E-state index contributed by atoms with van der Waals surface area (Å²) in [4.78, 5) is 17.1. The number of benzene rings is 1. The van der Waals surface area contributed by atoms with Crippen LogP contribution in [0.1, 0.15) is 46.1 Å². The van der Waals surface area contributed by atoms with Gasteiger partial charge in [0.25, 0.3) is 0 Å². The zero-order chi connectivity index (χ0) is 20.1. The number of amides is 1. The largest absolute Gasteiger partial charge is 0.370 e. The molecule has 0 bridgehead atoms. The smallest absolute Gasteiger partial charge is 0.227 e. The lowest BCUT2D eigenvalue weighted by atomic mass is 9.89. The molecule has 1 aromatic rings. The third-order valence-corrected chi connectivity index (χ3v) is 5.87. The number of nitrogens with zero attached hydrogens (tertiary/aromatic N) is 2. The number of carbonyl (C=O) groups excluding carboxylic acids is 1. The maximum Gasteiger partial charge on any atom is 0.227 e. The minimum absolute atomic E-state index is 0.279. The van der Waals surface area contributed by atoms with Gasteiger partial charge in [0, 0.05) is 56.0 Å². The molecular formula is C23H36N4O. The van der Waals surface area contributed by atoms with Gasteiger partial charge < -0.3 is 20.4 Å². The van der Waals surface area contributed by atoms with Gasteiger partial charge in [0.2, 0.25) is 5.91 Å². The van der Waals surface area contributed by atoms with Crippen LogP contribution in [0.4, 0.5) is 0 Å². The van der Waals surface area contributed by atoms with Gasteiger partial charge in [-0.05, 0) is 25.3 Å². The van der Waals surface area contributed by atoms with Gasteiger partial charge in [-0.3, -0.25) is 4.79 Å². The van der Waals surface area contributed by atoms with E-state index in [9.17, 15) is 4.79 Å². The summed E-state index contributed by atoms with van der Waals surface area (Å²) >= 11 is 0. The molecule has 0 spiro atoms. The van der Waals surface area contributed by atoms with Gasteiger partial charge in [-0.25, -0.2) is 0 Å². The Bertz CT molecular complexity index is 672. The van der Waals surface area contributed by atoms with Crippen molar-refractivity contribution in [3.05, 3.63) is 47.8 Å². The lowest BCUT2D eigenvalue weighted by Crippen LogP contribution is -2.51. The summed E-state index contributed by atoms with van der Waals surface area (Å²) in [6, 6.07) is 10.5. The second kappa shape index (κ2) is 8.99. The van der Waals surface area contributed by atoms with Crippen molar-refractivity contribution < 1.29 is 4.79 Å². The summed E-state index contributed by atoms with van der Waals surface area (Å²) in [7, 11) is 0. The summed E-state index contributed by atoms with van der Waals surface area (Å²) < 4.78 is 0. The molecule has 1 unspecified atom stereocenters. The second-order valence-corrected chi connectivity index (χ2v) is 9.13. The molecule has 5 heteroatoms. The highest BCUT2D eigenvalue weighted by molar-refractivity contribution is 5.81. The van der Waals surface area contributed by atoms with Gasteiger partial charge in [-0.2, -0.15) is 0 Å². The predicted molar refractivity (Wildman–Crippen MR) is 114 cm³/mol. The standard InChI is InChI=1S/C23H36N4O/c1-18-16-25-21(20-10-13-26(14-11-20)22(28)23(2,3)4)27(18)15-12-24-17-19-8-6-5-7-9-19/h5-9,16,20-21,24-25H,10-15,17H2,1-4H3. The van der Waals surface area contributed by atoms with Crippen molar-refractivity contribution in [2.45, 2.75) is 53.2 Å². The van der Waals surface area contributed by atoms with Gasteiger partial charge in [0.1, 0.15) is 6.17 Å². The fourth-order valence-electron chi connectivity index (χ4n) is 4.22. The highest BCUT2D eigenvalue weighted by Gasteiger charge is 2.36. The van der Waals surface area contributed by atoms with Crippen LogP contribution in [0.3, 0.4) is 0 Å². The van der Waals surface area contributed by atoms with E-state index in [2.05, 4.69) is 63.9 Å². The number of carbonyl (C=O) groups is 1. The number of allylic oxidation sites excluding steroid dienone is 1. The van der Waals surface area contributed by atoms with E-state index >= 15 is 0 Å². The van der Waals surface area contributed by atoms with E-state index < -0.39 is 0 Å². The first kappa shape index (κ1) is 20.7. The van der Waals surface area contributed by atoms with Crippen molar-refractivity contribution in [2.24, 2.45) is 11.3 Å². The van der Waals surface area contributed by atoms with Crippen LogP contribution in [-0.2, 0) is 11.3 Å². The van der Waals surface area contributed by atoms with Crippen LogP contribution in [0, 0.1) is 11.3 Å². The van der Waals surface area contributed by atoms with Crippen LogP contribution >= 0.6 is 0 Å². The number of piperidine rings is 1. The summed E-state index contributed by atoms with van der Waals surface area (Å²) in [6.45, 7) is 12.8. The van der Waals surface area contributed by atoms with E-state index in [0.29, 0.717) is 12.1 Å². The minimum atomic E-state index is -0.285. The molecular weight excluding hydrogens is 348 g/mol. The number of likely N-dealkylation sites (tertiary alicyclic amines) is 1. The van der Waals surface area contributed by atoms with Crippen LogP contribution in [0.5, 0.6) is 0 Å². The van der Waals surface area contributed by atoms with Crippen molar-refractivity contribution in [2.75, 3.05) is 26.2 Å². The fourth-order valence-corrected chi connectivity index (χ4v) is 4.22. The second-order valence-electron chi connectivity index (χ2n) is 9.13. The first-order chi connectivity index (χ1) is 13.4. The maximum atomic E-state index is 12.5. The molecule has 0 aromatic heterocycles. The van der Waals surface area contributed by atoms with Crippen LogP contribution in [0.2, 0.25) is 0 Å². The predicted octanol–water partition coefficient (Wildman–Crippen LogP) is 3.15. The van der Waals surface area contributed by atoms with Crippen LogP contribution < -0.4 is 10.6 Å². The molecule has 154 valence electrons. The van der Waals surface area contributed by atoms with E-state index in [1.165, 1.54) is 11.3 Å². The normalized spacial score (nSPS) is 20.9. The molecule has 1 atom stereocenters. The summed E-state index contributed by atoms with van der Waals surface area (Å²) in [5.41, 5.74) is 2.34. The third kappa shape index (κ3) is 5.07. The third-order valence-electron chi connectivity index (χ3n) is 5.87. The van der Waals surface area contributed by atoms with Crippen molar-refractivity contribution in [3.63, 3.8) is 0 Å². The average molecular weight is 385 g/mol. The summed E-state index contributed by atoms with van der Waals surface area (Å²) in [5.74, 6) is 0.855. The Morgan fingerprint density at radius 3 is 2.50 bits per heavy atom. The molecule has 2 aliphatic rings. The Morgan fingerprint density at radius 1 is 1.18 bits per heavy atom. The molecule has 28 heavy (non-hydrogen) atoms. The molecule has 5 nitrogen and oxygen atoms in total. The number of nitrogens with one attached hydrogen (secondary N) is 2. The lowest BCUT2D eigenvalue weighted by Gasteiger charge is -2.41. The van der Waals surface area contributed by atoms with E-state index in [1.54, 1.807) is 0 Å². The van der Waals surface area contributed by atoms with E-state index in [-0.39, 0.29) is 11.3 Å². The molecule has 1 saturated heterocycles. The highest BCUT2D eigenvalue weighted by atomic mass is 16.2. The molecule has 0 saturated carbocycles. The number of hydrogen-bond acceptors (Lipinski definition) is 4. The minimum Gasteiger partial charge on any atom is -0.370 e. The quantitative estimate of drug-likeness (QED) is 0.740. The van der Waals surface area contributed by atoms with Crippen LogP contribution in [0.15, 0.2) is 42.2 Å². The van der Waals surface area contributed by atoms with Gasteiger partial charge in [0.05, 0.1) is 0 Å². The van der Waals surface area contributed by atoms with Gasteiger partial charge >= 0.3 is 0 Å². The molecule has 3 rings (SSSR count). The monoisotopic (exact) mass is 384 g/mol. The molecule has 1 aromatic carbocycles. The maximum absolute atomic E-state index is 12.5. The fraction of sp³-hybridized carbons (Fsp3) is 0.609. The Morgan fingerprint density at radius 2 is 1.86 bits per heavy atom. The van der Waals surface area contributed by atoms with E-state index in [0.717, 1.165) is 45.6 Å². The lowest BCUT2D eigenvalue weighted by molar-refractivity contribution is -0.141. The zero-order valence-corrected chi connectivity index (χ0v) is 17.9. The topological polar surface area (TPSA) is 47.6 Å². The van der Waals surface area contributed by atoms with Crippen LogP contribution in [0.25, 0.3) is 0 Å². The SMILES string of the molecule is CC1=CNC(C2CCN(C(=O)C(C)(C)C)CC2)N1CCNCc1ccccc1. The Balaban J connectivity index is 1.47. The molecule has 2 N–H and O–H groups in total. The van der Waals surface area contributed by atoms with Gasteiger partial charge in [0.15, 0.2) is 0 Å². The first-order valence-electron chi connectivity index (χ1n) is 10.6. The van der Waals surface area contributed by atoms with Crippen molar-refractivity contribution >= 4 is 5.91 Å². The average Bonchev–Trinajstić information content (AvgIpc) is 3.05. The Kier molecular flexibility index (Phi) is 6.65. The summed E-state index contributed by atoms with van der Waals surface area (Å²) in [5, 5.41) is 7.15. The highest BCUT2D eigenvalue weighted by Crippen LogP contribution is 2.29. The zero-order valence-electron chi connectivity index (χ0n) is 17.9. The first-order valence-corrected chi connectivity index (χ1v) is 10.6. The number of rotatable bonds is 6. The van der Waals surface area contributed by atoms with Gasteiger partial charge in [-0.15, -0.1) is 0 Å². The Labute approximate surface area is 170 Å². The molecule has 2 heterocycles. The van der Waals surface area contributed by atoms with Crippen molar-refractivity contribution in [3.8, 4) is 0 Å². The van der Waals surface area contributed by atoms with E-state index in [4.69, 9.17) is 0 Å². The molecule has 0 radical (unpaired) electrons. The van der Waals surface area contributed by atoms with Crippen molar-refractivity contribution in [1.29, 1.82) is 0 Å². The molecule has 2 aliphatic heterocycles. The summed E-state index contributed by atoms with van der Waals surface area (Å²) in [6.07, 6.45) is 4.63. The van der Waals surface area contributed by atoms with E-state index in [1.807, 2.05) is 20.8 Å². The molecule has 1 fully saturated rings. The van der Waals surface area contributed by atoms with Crippen molar-refractivity contribution in [1.82, 2.24) is 20.4 Å². The number of hydrogen-bond donors (Lipinski definition) is 2. The Hall–Kier alpha value is -2.01. The molecule has 0 aliphatic carbocycles.